The van der Waals surface area contributed by atoms with Gasteiger partial charge in [-0.25, -0.2) is 4.98 Å². The van der Waals surface area contributed by atoms with E-state index in [4.69, 9.17) is 9.15 Å². The Bertz CT molecular complexity index is 1500. The summed E-state index contributed by atoms with van der Waals surface area (Å²) in [5, 5.41) is 21.5. The van der Waals surface area contributed by atoms with Gasteiger partial charge in [-0.3, -0.25) is 9.59 Å². The van der Waals surface area contributed by atoms with Crippen LogP contribution in [0.5, 0.6) is 11.5 Å². The molecule has 0 radical (unpaired) electrons. The highest BCUT2D eigenvalue weighted by Gasteiger charge is 2.47. The van der Waals surface area contributed by atoms with Gasteiger partial charge in [0.15, 0.2) is 17.3 Å². The molecule has 4 aromatic rings. The van der Waals surface area contributed by atoms with Gasteiger partial charge in [-0.2, -0.15) is 0 Å². The van der Waals surface area contributed by atoms with Crippen LogP contribution in [-0.4, -0.2) is 43.3 Å². The van der Waals surface area contributed by atoms with Crippen LogP contribution in [0.25, 0.3) is 11.4 Å². The van der Waals surface area contributed by atoms with Crippen LogP contribution in [0.1, 0.15) is 34.3 Å². The number of aliphatic hydroxyl groups excluding tert-OH is 1. The molecule has 5 rings (SSSR count). The number of hydrogen-bond donors (Lipinski definition) is 2. The molecule has 1 aliphatic rings. The molecule has 1 amide bonds. The van der Waals surface area contributed by atoms with Crippen molar-refractivity contribution >= 4 is 23.1 Å². The maximum atomic E-state index is 13.3. The number of carbonyl (C=O) groups is 2. The van der Waals surface area contributed by atoms with Crippen molar-refractivity contribution in [1.82, 2.24) is 14.3 Å². The van der Waals surface area contributed by atoms with E-state index in [1.165, 1.54) is 30.4 Å². The van der Waals surface area contributed by atoms with Gasteiger partial charge in [0.1, 0.15) is 17.1 Å². The summed E-state index contributed by atoms with van der Waals surface area (Å²) in [5.74, 6) is -1.43. The second-order valence-electron chi connectivity index (χ2n) is 8.37. The van der Waals surface area contributed by atoms with Gasteiger partial charge >= 0.3 is 0 Å². The van der Waals surface area contributed by atoms with Gasteiger partial charge in [0, 0.05) is 6.20 Å². The minimum absolute atomic E-state index is 0.00542. The number of benzene rings is 1. The number of ether oxygens (including phenoxy) is 1. The van der Waals surface area contributed by atoms with Crippen molar-refractivity contribution in [2.45, 2.75) is 26.4 Å². The number of Topliss-reactive ketones (excluding diaryl/α,β-unsaturated/α-hetero) is 1. The molecule has 35 heavy (non-hydrogen) atoms. The van der Waals surface area contributed by atoms with Crippen molar-refractivity contribution in [3.05, 3.63) is 88.8 Å². The fourth-order valence-corrected chi connectivity index (χ4v) is 4.50. The number of carbonyl (C=O) groups excluding carboxylic acids is 2. The molecule has 9 nitrogen and oxygen atoms in total. The lowest BCUT2D eigenvalue weighted by atomic mass is 9.96. The van der Waals surface area contributed by atoms with E-state index >= 15 is 0 Å². The number of nitrogens with zero attached hydrogens (tertiary/aromatic N) is 3. The van der Waals surface area contributed by atoms with Gasteiger partial charge in [0.25, 0.3) is 11.7 Å². The molecule has 9 heteroatoms. The SMILES string of the molecule is COc1cc(C2/C(=C(\O)c3nc4c(C)cccn4c3C)C(=O)C(=O)N2Cc2ccco2)ccc1O. The van der Waals surface area contributed by atoms with Crippen molar-refractivity contribution in [3.63, 3.8) is 0 Å². The first-order valence-electron chi connectivity index (χ1n) is 10.9. The lowest BCUT2D eigenvalue weighted by Gasteiger charge is -2.24. The molecule has 178 valence electrons. The van der Waals surface area contributed by atoms with Crippen molar-refractivity contribution in [3.8, 4) is 11.5 Å². The number of imidazole rings is 1. The Morgan fingerprint density at radius 1 is 1.17 bits per heavy atom. The van der Waals surface area contributed by atoms with E-state index in [9.17, 15) is 19.8 Å². The quantitative estimate of drug-likeness (QED) is 0.257. The second kappa shape index (κ2) is 8.35. The smallest absolute Gasteiger partial charge is 0.296 e. The van der Waals surface area contributed by atoms with E-state index < -0.39 is 17.7 Å². The van der Waals surface area contributed by atoms with Crippen LogP contribution in [0.3, 0.4) is 0 Å². The van der Waals surface area contributed by atoms with E-state index in [0.717, 1.165) is 5.56 Å². The first-order valence-corrected chi connectivity index (χ1v) is 10.9. The number of hydrogen-bond acceptors (Lipinski definition) is 7. The number of pyridine rings is 1. The highest BCUT2D eigenvalue weighted by molar-refractivity contribution is 6.46. The molecule has 3 aromatic heterocycles. The molecule has 0 saturated carbocycles. The third-order valence-corrected chi connectivity index (χ3v) is 6.27. The normalized spacial score (nSPS) is 17.5. The Hall–Kier alpha value is -4.53. The number of aliphatic hydroxyl groups is 1. The summed E-state index contributed by atoms with van der Waals surface area (Å²) < 4.78 is 12.5. The molecule has 1 saturated heterocycles. The zero-order valence-electron chi connectivity index (χ0n) is 19.3. The Labute approximate surface area is 200 Å². The average Bonchev–Trinajstić information content (AvgIpc) is 3.54. The fraction of sp³-hybridized carbons (Fsp3) is 0.192. The molecule has 0 spiro atoms. The number of fused-ring (bicyclic) bond motifs is 1. The standard InChI is InChI=1S/C26H23N3O6/c1-14-6-4-10-28-15(2)21(27-25(14)28)23(31)20-22(16-8-9-18(30)19(12-16)34-3)29(26(33)24(20)32)13-17-7-5-11-35-17/h4-12,22,30-31H,13H2,1-3H3/b23-20+. The lowest BCUT2D eigenvalue weighted by Crippen LogP contribution is -2.29. The number of furan rings is 1. The monoisotopic (exact) mass is 473 g/mol. The minimum atomic E-state index is -0.958. The van der Waals surface area contributed by atoms with Crippen LogP contribution >= 0.6 is 0 Å². The molecule has 4 heterocycles. The van der Waals surface area contributed by atoms with Crippen LogP contribution in [-0.2, 0) is 16.1 Å². The van der Waals surface area contributed by atoms with E-state index in [0.29, 0.717) is 22.7 Å². The summed E-state index contributed by atoms with van der Waals surface area (Å²) in [6, 6.07) is 10.7. The van der Waals surface area contributed by atoms with Crippen LogP contribution in [0.15, 0.2) is 64.9 Å². The highest BCUT2D eigenvalue weighted by Crippen LogP contribution is 2.42. The number of aromatic hydroxyl groups is 1. The third-order valence-electron chi connectivity index (χ3n) is 6.27. The molecular formula is C26H23N3O6. The second-order valence-corrected chi connectivity index (χ2v) is 8.37. The molecule has 1 aliphatic heterocycles. The van der Waals surface area contributed by atoms with Crippen molar-refractivity contribution < 1.29 is 29.0 Å². The van der Waals surface area contributed by atoms with Crippen LogP contribution in [0, 0.1) is 13.8 Å². The maximum absolute atomic E-state index is 13.3. The Morgan fingerprint density at radius 2 is 1.97 bits per heavy atom. The fourth-order valence-electron chi connectivity index (χ4n) is 4.50. The Balaban J connectivity index is 1.73. The van der Waals surface area contributed by atoms with Crippen molar-refractivity contribution in [1.29, 1.82) is 0 Å². The van der Waals surface area contributed by atoms with Gasteiger partial charge in [-0.05, 0) is 55.3 Å². The van der Waals surface area contributed by atoms with Crippen LogP contribution < -0.4 is 4.74 Å². The average molecular weight is 473 g/mol. The molecule has 1 atom stereocenters. The summed E-state index contributed by atoms with van der Waals surface area (Å²) in [6.07, 6.45) is 3.30. The summed E-state index contributed by atoms with van der Waals surface area (Å²) in [5.41, 5.74) is 2.75. The van der Waals surface area contributed by atoms with E-state index in [-0.39, 0.29) is 35.1 Å². The molecule has 1 aromatic carbocycles. The van der Waals surface area contributed by atoms with Crippen LogP contribution in [0.2, 0.25) is 0 Å². The number of amides is 1. The lowest BCUT2D eigenvalue weighted by molar-refractivity contribution is -0.140. The number of phenolic OH excluding ortho intramolecular Hbond substituents is 1. The molecule has 0 bridgehead atoms. The zero-order valence-corrected chi connectivity index (χ0v) is 19.3. The van der Waals surface area contributed by atoms with Gasteiger partial charge in [-0.1, -0.05) is 12.1 Å². The van der Waals surface area contributed by atoms with Crippen LogP contribution in [0.4, 0.5) is 0 Å². The first-order chi connectivity index (χ1) is 16.8. The molecule has 2 N–H and O–H groups in total. The van der Waals surface area contributed by atoms with Gasteiger partial charge in [-0.15, -0.1) is 0 Å². The predicted octanol–water partition coefficient (Wildman–Crippen LogP) is 3.88. The van der Waals surface area contributed by atoms with Gasteiger partial charge in [0.2, 0.25) is 0 Å². The molecule has 1 fully saturated rings. The zero-order chi connectivity index (χ0) is 24.9. The van der Waals surface area contributed by atoms with Crippen molar-refractivity contribution in [2.75, 3.05) is 7.11 Å². The molecule has 0 aliphatic carbocycles. The topological polar surface area (TPSA) is 118 Å². The number of aromatic nitrogens is 2. The van der Waals surface area contributed by atoms with Gasteiger partial charge < -0.3 is 28.7 Å². The van der Waals surface area contributed by atoms with E-state index in [1.807, 2.05) is 29.7 Å². The summed E-state index contributed by atoms with van der Waals surface area (Å²) in [7, 11) is 1.40. The first kappa shape index (κ1) is 22.3. The summed E-state index contributed by atoms with van der Waals surface area (Å²) in [6.45, 7) is 3.69. The number of methoxy groups -OCH3 is 1. The van der Waals surface area contributed by atoms with Crippen molar-refractivity contribution in [2.24, 2.45) is 0 Å². The molecule has 1 unspecified atom stereocenters. The number of likely N-dealkylation sites (tertiary alicyclic amines) is 1. The van der Waals surface area contributed by atoms with Gasteiger partial charge in [0.05, 0.1) is 37.2 Å². The van der Waals surface area contributed by atoms with E-state index in [1.54, 1.807) is 25.1 Å². The number of ketones is 1. The minimum Gasteiger partial charge on any atom is -0.505 e. The summed E-state index contributed by atoms with van der Waals surface area (Å²) >= 11 is 0. The number of rotatable bonds is 5. The number of phenols is 1. The largest absolute Gasteiger partial charge is 0.505 e. The number of aryl methyl sites for hydroxylation is 2. The van der Waals surface area contributed by atoms with E-state index in [2.05, 4.69) is 4.98 Å². The molecular weight excluding hydrogens is 450 g/mol. The predicted molar refractivity (Wildman–Crippen MR) is 126 cm³/mol. The summed E-state index contributed by atoms with van der Waals surface area (Å²) in [4.78, 5) is 32.4. The Morgan fingerprint density at radius 3 is 2.66 bits per heavy atom. The third kappa shape index (κ3) is 3.52. The Kier molecular flexibility index (Phi) is 5.32. The maximum Gasteiger partial charge on any atom is 0.296 e. The highest BCUT2D eigenvalue weighted by atomic mass is 16.5.